The molecule has 23 heavy (non-hydrogen) atoms. The van der Waals surface area contributed by atoms with E-state index in [2.05, 4.69) is 0 Å². The van der Waals surface area contributed by atoms with E-state index in [0.717, 1.165) is 0 Å². The molecule has 1 N–H and O–H groups in total. The van der Waals surface area contributed by atoms with E-state index in [9.17, 15) is 14.4 Å². The van der Waals surface area contributed by atoms with E-state index in [1.165, 1.54) is 4.90 Å². The molecule has 2 rings (SSSR count). The summed E-state index contributed by atoms with van der Waals surface area (Å²) in [5.74, 6) is -1.54. The van der Waals surface area contributed by atoms with Crippen LogP contribution in [0.3, 0.4) is 0 Å². The third kappa shape index (κ3) is 3.87. The van der Waals surface area contributed by atoms with Crippen LogP contribution in [0.25, 0.3) is 0 Å². The van der Waals surface area contributed by atoms with Crippen molar-refractivity contribution in [1.82, 2.24) is 9.80 Å². The van der Waals surface area contributed by atoms with Crippen molar-refractivity contribution in [1.29, 1.82) is 0 Å². The molecule has 2 amide bonds. The molecule has 0 bridgehead atoms. The van der Waals surface area contributed by atoms with Gasteiger partial charge in [-0.2, -0.15) is 0 Å². The van der Waals surface area contributed by atoms with Crippen LogP contribution < -0.4 is 0 Å². The first kappa shape index (κ1) is 17.0. The van der Waals surface area contributed by atoms with Gasteiger partial charge in [0.2, 0.25) is 0 Å². The van der Waals surface area contributed by atoms with Crippen LogP contribution in [0, 0.1) is 0 Å². The van der Waals surface area contributed by atoms with Gasteiger partial charge < -0.3 is 19.6 Å². The highest BCUT2D eigenvalue weighted by atomic mass is 16.5. The summed E-state index contributed by atoms with van der Waals surface area (Å²) in [4.78, 5) is 38.7. The minimum atomic E-state index is -1.09. The molecular weight excluding hydrogens is 300 g/mol. The molecule has 0 radical (unpaired) electrons. The average molecular weight is 320 g/mol. The second-order valence-corrected chi connectivity index (χ2v) is 5.35. The zero-order valence-corrected chi connectivity index (χ0v) is 13.2. The van der Waals surface area contributed by atoms with E-state index >= 15 is 0 Å². The molecule has 1 saturated heterocycles. The predicted octanol–water partition coefficient (Wildman–Crippen LogP) is 0.704. The second-order valence-electron chi connectivity index (χ2n) is 5.35. The molecule has 7 nitrogen and oxygen atoms in total. The SMILES string of the molecule is CCN(C)C(=O)c1cccc(C(=O)N2CCOC(C(=O)O)C2)c1. The summed E-state index contributed by atoms with van der Waals surface area (Å²) in [6.45, 7) is 2.95. The summed E-state index contributed by atoms with van der Waals surface area (Å²) >= 11 is 0. The number of hydrogen-bond donors (Lipinski definition) is 1. The fourth-order valence-electron chi connectivity index (χ4n) is 2.31. The van der Waals surface area contributed by atoms with Gasteiger partial charge in [-0.3, -0.25) is 9.59 Å². The van der Waals surface area contributed by atoms with Gasteiger partial charge in [-0.1, -0.05) is 6.07 Å². The van der Waals surface area contributed by atoms with Crippen molar-refractivity contribution in [3.63, 3.8) is 0 Å². The summed E-state index contributed by atoms with van der Waals surface area (Å²) < 4.78 is 5.11. The Hall–Kier alpha value is -2.41. The third-order valence-electron chi connectivity index (χ3n) is 3.81. The number of amides is 2. The molecule has 1 aliphatic rings. The number of carbonyl (C=O) groups is 3. The maximum absolute atomic E-state index is 12.5. The van der Waals surface area contributed by atoms with Crippen molar-refractivity contribution < 1.29 is 24.2 Å². The van der Waals surface area contributed by atoms with Crippen LogP contribution in [0.5, 0.6) is 0 Å². The molecule has 0 aromatic heterocycles. The van der Waals surface area contributed by atoms with E-state index < -0.39 is 12.1 Å². The molecule has 0 spiro atoms. The van der Waals surface area contributed by atoms with Crippen LogP contribution >= 0.6 is 0 Å². The number of carboxylic acid groups (broad SMARTS) is 1. The molecule has 7 heteroatoms. The van der Waals surface area contributed by atoms with Crippen LogP contribution in [0.2, 0.25) is 0 Å². The zero-order valence-electron chi connectivity index (χ0n) is 13.2. The van der Waals surface area contributed by atoms with Gasteiger partial charge in [0.05, 0.1) is 13.2 Å². The van der Waals surface area contributed by atoms with Crippen molar-refractivity contribution in [2.75, 3.05) is 33.3 Å². The first-order chi connectivity index (χ1) is 10.9. The summed E-state index contributed by atoms with van der Waals surface area (Å²) in [6.07, 6.45) is -1.01. The molecule has 1 atom stereocenters. The lowest BCUT2D eigenvalue weighted by Gasteiger charge is -2.31. The Kier molecular flexibility index (Phi) is 5.33. The van der Waals surface area contributed by atoms with Crippen LogP contribution in [0.4, 0.5) is 0 Å². The Bertz CT molecular complexity index is 616. The van der Waals surface area contributed by atoms with Crippen LogP contribution in [-0.2, 0) is 9.53 Å². The van der Waals surface area contributed by atoms with Crippen molar-refractivity contribution in [2.24, 2.45) is 0 Å². The van der Waals surface area contributed by atoms with Gasteiger partial charge in [0.25, 0.3) is 11.8 Å². The van der Waals surface area contributed by atoms with E-state index in [-0.39, 0.29) is 25.0 Å². The largest absolute Gasteiger partial charge is 0.479 e. The maximum Gasteiger partial charge on any atom is 0.334 e. The normalized spacial score (nSPS) is 17.7. The van der Waals surface area contributed by atoms with Gasteiger partial charge in [0, 0.05) is 31.3 Å². The standard InChI is InChI=1S/C16H20N2O5/c1-3-17(2)14(19)11-5-4-6-12(9-11)15(20)18-7-8-23-13(10-18)16(21)22/h4-6,9,13H,3,7-8,10H2,1-2H3,(H,21,22). The summed E-state index contributed by atoms with van der Waals surface area (Å²) in [7, 11) is 1.69. The molecule has 0 saturated carbocycles. The van der Waals surface area contributed by atoms with Crippen LogP contribution in [-0.4, -0.2) is 72.1 Å². The molecular formula is C16H20N2O5. The molecule has 124 valence electrons. The highest BCUT2D eigenvalue weighted by molar-refractivity contribution is 5.99. The Morgan fingerprint density at radius 2 is 2.04 bits per heavy atom. The van der Waals surface area contributed by atoms with Gasteiger partial charge in [0.1, 0.15) is 0 Å². The molecule has 1 heterocycles. The Balaban J connectivity index is 2.16. The Morgan fingerprint density at radius 3 is 2.70 bits per heavy atom. The van der Waals surface area contributed by atoms with Crippen LogP contribution in [0.1, 0.15) is 27.6 Å². The lowest BCUT2D eigenvalue weighted by molar-refractivity contribution is -0.154. The quantitative estimate of drug-likeness (QED) is 0.882. The molecule has 1 fully saturated rings. The monoisotopic (exact) mass is 320 g/mol. The highest BCUT2D eigenvalue weighted by Crippen LogP contribution is 2.13. The number of carbonyl (C=O) groups excluding carboxylic acids is 2. The van der Waals surface area contributed by atoms with Gasteiger partial charge >= 0.3 is 5.97 Å². The van der Waals surface area contributed by atoms with E-state index in [1.807, 2.05) is 6.92 Å². The number of benzene rings is 1. The topological polar surface area (TPSA) is 87.2 Å². The first-order valence-corrected chi connectivity index (χ1v) is 7.43. The fraction of sp³-hybridized carbons (Fsp3) is 0.438. The highest BCUT2D eigenvalue weighted by Gasteiger charge is 2.29. The number of ether oxygens (including phenoxy) is 1. The second kappa shape index (κ2) is 7.23. The third-order valence-corrected chi connectivity index (χ3v) is 3.81. The van der Waals surface area contributed by atoms with Gasteiger partial charge in [-0.15, -0.1) is 0 Å². The van der Waals surface area contributed by atoms with E-state index in [1.54, 1.807) is 36.2 Å². The van der Waals surface area contributed by atoms with E-state index in [0.29, 0.717) is 24.2 Å². The molecule has 1 aromatic carbocycles. The van der Waals surface area contributed by atoms with Crippen molar-refractivity contribution in [3.8, 4) is 0 Å². The maximum atomic E-state index is 12.5. The minimum absolute atomic E-state index is 0.00119. The summed E-state index contributed by atoms with van der Waals surface area (Å²) in [5.41, 5.74) is 0.801. The Labute approximate surface area is 134 Å². The minimum Gasteiger partial charge on any atom is -0.479 e. The van der Waals surface area contributed by atoms with Crippen molar-refractivity contribution in [2.45, 2.75) is 13.0 Å². The summed E-state index contributed by atoms with van der Waals surface area (Å²) in [6, 6.07) is 6.47. The van der Waals surface area contributed by atoms with Crippen molar-refractivity contribution in [3.05, 3.63) is 35.4 Å². The van der Waals surface area contributed by atoms with Crippen LogP contribution in [0.15, 0.2) is 24.3 Å². The smallest absolute Gasteiger partial charge is 0.334 e. The average Bonchev–Trinajstić information content (AvgIpc) is 2.59. The molecule has 1 aliphatic heterocycles. The molecule has 0 aliphatic carbocycles. The Morgan fingerprint density at radius 1 is 1.35 bits per heavy atom. The number of rotatable bonds is 4. The van der Waals surface area contributed by atoms with Gasteiger partial charge in [0.15, 0.2) is 6.10 Å². The predicted molar refractivity (Wildman–Crippen MR) is 82.4 cm³/mol. The lowest BCUT2D eigenvalue weighted by Crippen LogP contribution is -2.48. The number of nitrogens with zero attached hydrogens (tertiary/aromatic N) is 2. The van der Waals surface area contributed by atoms with Gasteiger partial charge in [-0.05, 0) is 25.1 Å². The number of hydrogen-bond acceptors (Lipinski definition) is 4. The van der Waals surface area contributed by atoms with Gasteiger partial charge in [-0.25, -0.2) is 4.79 Å². The zero-order chi connectivity index (χ0) is 17.0. The van der Waals surface area contributed by atoms with Crippen molar-refractivity contribution >= 4 is 17.8 Å². The summed E-state index contributed by atoms with van der Waals surface area (Å²) in [5, 5.41) is 9.00. The first-order valence-electron chi connectivity index (χ1n) is 7.43. The number of aliphatic carboxylic acids is 1. The fourth-order valence-corrected chi connectivity index (χ4v) is 2.31. The molecule has 1 aromatic rings. The van der Waals surface area contributed by atoms with E-state index in [4.69, 9.17) is 9.84 Å². The lowest BCUT2D eigenvalue weighted by atomic mass is 10.1. The number of morpholine rings is 1. The number of carboxylic acids is 1. The molecule has 1 unspecified atom stereocenters.